The summed E-state index contributed by atoms with van der Waals surface area (Å²) >= 11 is 0. The number of hydrogen-bond acceptors (Lipinski definition) is 11. The normalized spacial score (nSPS) is 17.7. The summed E-state index contributed by atoms with van der Waals surface area (Å²) in [6, 6.07) is -2.90. The third kappa shape index (κ3) is 15.5. The molecule has 1 heterocycles. The summed E-state index contributed by atoms with van der Waals surface area (Å²) in [4.78, 5) is 118. The average molecular weight is 833 g/mol. The van der Waals surface area contributed by atoms with E-state index in [1.165, 1.54) is 31.2 Å². The van der Waals surface area contributed by atoms with Crippen LogP contribution in [-0.2, 0) is 49.6 Å². The number of phenols is 1. The number of hydrogen-bond donors (Lipinski definition) is 10. The van der Waals surface area contributed by atoms with Gasteiger partial charge in [0.1, 0.15) is 42.0 Å². The minimum absolute atomic E-state index is 0.00803. The lowest BCUT2D eigenvalue weighted by molar-refractivity contribution is -0.143. The number of phenolic OH excluding ortho intramolecular Hbond substituents is 1. The molecule has 328 valence electrons. The minimum Gasteiger partial charge on any atom is -0.508 e. The van der Waals surface area contributed by atoms with Crippen molar-refractivity contribution in [2.75, 3.05) is 6.54 Å². The smallest absolute Gasteiger partial charge is 0.303 e. The quantitative estimate of drug-likeness (QED) is 0.0599. The van der Waals surface area contributed by atoms with Crippen molar-refractivity contribution in [3.8, 4) is 5.75 Å². The van der Waals surface area contributed by atoms with Crippen LogP contribution < -0.4 is 38.1 Å². The van der Waals surface area contributed by atoms with E-state index in [9.17, 15) is 58.5 Å². The van der Waals surface area contributed by atoms with Gasteiger partial charge in [0.2, 0.25) is 41.4 Å². The first-order valence-corrected chi connectivity index (χ1v) is 19.8. The molecule has 1 aromatic rings. The van der Waals surface area contributed by atoms with Gasteiger partial charge in [0.25, 0.3) is 0 Å². The average Bonchev–Trinajstić information content (AvgIpc) is 3.69. The molecule has 0 aliphatic carbocycles. The molecule has 1 aromatic carbocycles. The molecule has 0 saturated carbocycles. The van der Waals surface area contributed by atoms with E-state index in [0.717, 1.165) is 4.90 Å². The third-order valence-electron chi connectivity index (χ3n) is 10.5. The summed E-state index contributed by atoms with van der Waals surface area (Å²) in [6.07, 6.45) is -0.629. The maximum absolute atomic E-state index is 14.2. The van der Waals surface area contributed by atoms with Crippen LogP contribution >= 0.6 is 0 Å². The van der Waals surface area contributed by atoms with Crippen LogP contribution in [0.2, 0.25) is 0 Å². The largest absolute Gasteiger partial charge is 0.508 e. The Morgan fingerprint density at radius 3 is 1.81 bits per heavy atom. The van der Waals surface area contributed by atoms with Crippen molar-refractivity contribution in [3.05, 3.63) is 29.8 Å². The van der Waals surface area contributed by atoms with Gasteiger partial charge in [-0.2, -0.15) is 0 Å². The van der Waals surface area contributed by atoms with E-state index in [2.05, 4.69) is 26.6 Å². The number of amides is 7. The van der Waals surface area contributed by atoms with Gasteiger partial charge in [-0.05, 0) is 62.1 Å². The predicted octanol–water partition coefficient (Wildman–Crippen LogP) is -0.996. The van der Waals surface area contributed by atoms with E-state index < -0.39 is 127 Å². The Kier molecular flexibility index (Phi) is 19.7. The molecule has 1 saturated heterocycles. The second-order valence-electron chi connectivity index (χ2n) is 15.0. The maximum Gasteiger partial charge on any atom is 0.303 e. The van der Waals surface area contributed by atoms with Gasteiger partial charge in [0.05, 0.1) is 6.04 Å². The fraction of sp³-hybridized carbons (Fsp3) is 0.615. The number of primary amides is 1. The molecule has 1 aliphatic heterocycles. The number of benzene rings is 1. The van der Waals surface area contributed by atoms with E-state index in [1.54, 1.807) is 20.8 Å². The number of nitrogens with one attached hydrogen (secondary N) is 5. The number of aromatic hydroxyl groups is 1. The van der Waals surface area contributed by atoms with Crippen molar-refractivity contribution < 1.29 is 58.5 Å². The predicted molar refractivity (Wildman–Crippen MR) is 212 cm³/mol. The molecule has 0 bridgehead atoms. The van der Waals surface area contributed by atoms with Gasteiger partial charge in [-0.1, -0.05) is 52.7 Å². The lowest BCUT2D eigenvalue weighted by Crippen LogP contribution is -2.60. The van der Waals surface area contributed by atoms with Crippen LogP contribution in [0.15, 0.2) is 24.3 Å². The molecule has 0 unspecified atom stereocenters. The fourth-order valence-corrected chi connectivity index (χ4v) is 6.29. The van der Waals surface area contributed by atoms with E-state index >= 15 is 0 Å². The Bertz CT molecular complexity index is 1670. The summed E-state index contributed by atoms with van der Waals surface area (Å²) < 4.78 is 0. The van der Waals surface area contributed by atoms with Crippen molar-refractivity contribution in [3.63, 3.8) is 0 Å². The molecule has 2 rings (SSSR count). The number of carbonyl (C=O) groups is 9. The second kappa shape index (κ2) is 23.6. The van der Waals surface area contributed by atoms with Crippen LogP contribution in [0, 0.1) is 11.8 Å². The van der Waals surface area contributed by atoms with Crippen LogP contribution in [0.4, 0.5) is 0 Å². The van der Waals surface area contributed by atoms with Crippen molar-refractivity contribution >= 4 is 53.3 Å². The maximum atomic E-state index is 14.2. The molecular weight excluding hydrogens is 772 g/mol. The lowest BCUT2D eigenvalue weighted by atomic mass is 9.97. The zero-order valence-electron chi connectivity index (χ0n) is 34.2. The minimum atomic E-state index is -1.49. The molecule has 1 aliphatic rings. The molecule has 0 aromatic heterocycles. The monoisotopic (exact) mass is 832 g/mol. The van der Waals surface area contributed by atoms with Crippen LogP contribution in [-0.4, -0.2) is 122 Å². The summed E-state index contributed by atoms with van der Waals surface area (Å²) in [7, 11) is 0. The summed E-state index contributed by atoms with van der Waals surface area (Å²) in [5.74, 6) is -8.89. The molecular formula is C39H60N8O12. The fourth-order valence-electron chi connectivity index (χ4n) is 6.29. The molecule has 0 radical (unpaired) electrons. The van der Waals surface area contributed by atoms with Gasteiger partial charge in [-0.3, -0.25) is 43.2 Å². The number of likely N-dealkylation sites (tertiary alicyclic amines) is 1. The summed E-state index contributed by atoms with van der Waals surface area (Å²) in [5, 5.41) is 41.3. The number of rotatable bonds is 24. The molecule has 9 atom stereocenters. The van der Waals surface area contributed by atoms with Crippen LogP contribution in [0.1, 0.15) is 91.5 Å². The molecule has 59 heavy (non-hydrogen) atoms. The van der Waals surface area contributed by atoms with Gasteiger partial charge < -0.3 is 58.3 Å². The van der Waals surface area contributed by atoms with Crippen LogP contribution in [0.3, 0.4) is 0 Å². The number of carboxylic acid groups (broad SMARTS) is 2. The Balaban J connectivity index is 2.38. The van der Waals surface area contributed by atoms with Crippen molar-refractivity contribution in [1.82, 2.24) is 31.5 Å². The Morgan fingerprint density at radius 2 is 1.27 bits per heavy atom. The highest BCUT2D eigenvalue weighted by Gasteiger charge is 2.40. The highest BCUT2D eigenvalue weighted by Crippen LogP contribution is 2.21. The first-order valence-electron chi connectivity index (χ1n) is 19.8. The molecule has 12 N–H and O–H groups in total. The van der Waals surface area contributed by atoms with Gasteiger partial charge in [-0.25, -0.2) is 0 Å². The van der Waals surface area contributed by atoms with Crippen molar-refractivity contribution in [2.45, 2.75) is 135 Å². The topological polar surface area (TPSA) is 330 Å². The molecule has 7 amide bonds. The van der Waals surface area contributed by atoms with Gasteiger partial charge in [0.15, 0.2) is 0 Å². The second-order valence-corrected chi connectivity index (χ2v) is 15.0. The highest BCUT2D eigenvalue weighted by atomic mass is 16.4. The summed E-state index contributed by atoms with van der Waals surface area (Å²) in [5.41, 5.74) is 11.9. The Morgan fingerprint density at radius 1 is 0.729 bits per heavy atom. The van der Waals surface area contributed by atoms with E-state index in [-0.39, 0.29) is 31.1 Å². The number of carbonyl (C=O) groups excluding carboxylic acids is 7. The molecule has 0 spiro atoms. The van der Waals surface area contributed by atoms with Crippen LogP contribution in [0.5, 0.6) is 5.75 Å². The number of nitrogens with two attached hydrogens (primary N) is 2. The Hall–Kier alpha value is -5.79. The standard InChI is InChI=1S/C39H60N8O12/c1-6-20(3)31(40)37(57)45-27(19-23-10-12-24(48)13-11-23)35(55)44-26(15-17-30(51)52)39(59)47-18-8-9-28(47)36(56)43-25(14-16-29(49)50)34(54)46-32(21(4)7-2)38(58)42-22(5)33(41)53/h10-13,20-22,25-28,31-32,48H,6-9,14-19,40H2,1-5H3,(H2,41,53)(H,42,58)(H,43,56)(H,44,55)(H,45,57)(H,46,54)(H,49,50)(H,51,52)/t20-,21-,22-,25-,26-,27-,28-,31-,32-/m0/s1. The van der Waals surface area contributed by atoms with Crippen molar-refractivity contribution in [1.29, 1.82) is 0 Å². The number of aliphatic carboxylic acids is 2. The first kappa shape index (κ1) is 49.4. The van der Waals surface area contributed by atoms with E-state index in [1.807, 2.05) is 6.92 Å². The van der Waals surface area contributed by atoms with Crippen molar-refractivity contribution in [2.24, 2.45) is 23.3 Å². The Labute approximate surface area is 342 Å². The molecule has 1 fully saturated rings. The number of carboxylic acids is 2. The zero-order chi connectivity index (χ0) is 44.6. The first-order chi connectivity index (χ1) is 27.7. The highest BCUT2D eigenvalue weighted by molar-refractivity contribution is 5.97. The van der Waals surface area contributed by atoms with Gasteiger partial charge >= 0.3 is 11.9 Å². The molecule has 20 nitrogen and oxygen atoms in total. The van der Waals surface area contributed by atoms with E-state index in [0.29, 0.717) is 24.8 Å². The third-order valence-corrected chi connectivity index (χ3v) is 10.5. The molecule has 20 heteroatoms. The SMILES string of the molecule is CC[C@H](C)[C@H](N)C(=O)N[C@@H](Cc1ccc(O)cc1)C(=O)N[C@@H](CCC(=O)O)C(=O)N1CCC[C@H]1C(=O)N[C@@H](CCC(=O)O)C(=O)N[C@H](C(=O)N[C@@H](C)C(N)=O)[C@@H](C)CC. The van der Waals surface area contributed by atoms with E-state index in [4.69, 9.17) is 11.5 Å². The number of nitrogens with zero attached hydrogens (tertiary/aromatic N) is 1. The zero-order valence-corrected chi connectivity index (χ0v) is 34.2. The van der Waals surface area contributed by atoms with Gasteiger partial charge in [0, 0.05) is 25.8 Å². The summed E-state index contributed by atoms with van der Waals surface area (Å²) in [6.45, 7) is 8.39. The van der Waals surface area contributed by atoms with Gasteiger partial charge in [-0.15, -0.1) is 0 Å². The van der Waals surface area contributed by atoms with Crippen LogP contribution in [0.25, 0.3) is 0 Å². The lowest BCUT2D eigenvalue weighted by Gasteiger charge is -2.31.